The summed E-state index contributed by atoms with van der Waals surface area (Å²) in [5.74, 6) is 1.37. The zero-order chi connectivity index (χ0) is 20.6. The lowest BCUT2D eigenvalue weighted by Crippen LogP contribution is -2.85. The van der Waals surface area contributed by atoms with Gasteiger partial charge in [-0.3, -0.25) is 4.79 Å². The molecule has 0 saturated carbocycles. The van der Waals surface area contributed by atoms with Crippen molar-refractivity contribution in [2.45, 2.75) is 19.5 Å². The second-order valence-electron chi connectivity index (χ2n) is 6.87. The Morgan fingerprint density at radius 2 is 1.69 bits per heavy atom. The number of anilines is 1. The van der Waals surface area contributed by atoms with E-state index in [0.717, 1.165) is 22.4 Å². The van der Waals surface area contributed by atoms with Gasteiger partial charge in [-0.15, -0.1) is 0 Å². The molecule has 3 aromatic rings. The summed E-state index contributed by atoms with van der Waals surface area (Å²) in [6, 6.07) is 23.0. The maximum atomic E-state index is 13.2. The molecule has 29 heavy (non-hydrogen) atoms. The van der Waals surface area contributed by atoms with Gasteiger partial charge in [-0.25, -0.2) is 0 Å². The van der Waals surface area contributed by atoms with Crippen LogP contribution < -0.4 is 20.1 Å². The number of hydrogen-bond donors (Lipinski definition) is 2. The van der Waals surface area contributed by atoms with E-state index in [-0.39, 0.29) is 11.9 Å². The third-order valence-corrected chi connectivity index (χ3v) is 4.80. The summed E-state index contributed by atoms with van der Waals surface area (Å²) in [7, 11) is 3.25. The van der Waals surface area contributed by atoms with Crippen molar-refractivity contribution in [2.24, 2.45) is 0 Å². The van der Waals surface area contributed by atoms with Gasteiger partial charge in [0.25, 0.3) is 5.91 Å². The second kappa shape index (κ2) is 9.75. The number of carbonyl (C=O) groups excluding carboxylic acids is 1. The lowest BCUT2D eigenvalue weighted by Gasteiger charge is -2.17. The van der Waals surface area contributed by atoms with Crippen LogP contribution in [-0.4, -0.2) is 20.1 Å². The number of methoxy groups -OCH3 is 2. The summed E-state index contributed by atoms with van der Waals surface area (Å²) in [6.45, 7) is 2.65. The molecule has 1 amide bonds. The smallest absolute Gasteiger partial charge is 0.287 e. The SMILES string of the molecule is COc1ccc(C[NH2+][C@H](C(=O)Nc2cc(C)ccc2OC)c2ccccc2)cc1. The van der Waals surface area contributed by atoms with Crippen LogP contribution in [0, 0.1) is 6.92 Å². The molecule has 0 spiro atoms. The molecule has 0 heterocycles. The highest BCUT2D eigenvalue weighted by Gasteiger charge is 2.25. The van der Waals surface area contributed by atoms with Gasteiger partial charge in [0.1, 0.15) is 18.0 Å². The highest BCUT2D eigenvalue weighted by atomic mass is 16.5. The zero-order valence-electron chi connectivity index (χ0n) is 17.0. The lowest BCUT2D eigenvalue weighted by atomic mass is 10.0. The number of hydrogen-bond acceptors (Lipinski definition) is 3. The Labute approximate surface area is 171 Å². The van der Waals surface area contributed by atoms with Crippen molar-refractivity contribution >= 4 is 11.6 Å². The highest BCUT2D eigenvalue weighted by Crippen LogP contribution is 2.26. The van der Waals surface area contributed by atoms with Gasteiger partial charge in [0.15, 0.2) is 6.04 Å². The number of carbonyl (C=O) groups is 1. The third-order valence-electron chi connectivity index (χ3n) is 4.80. The summed E-state index contributed by atoms with van der Waals surface area (Å²) >= 11 is 0. The maximum Gasteiger partial charge on any atom is 0.287 e. The fourth-order valence-electron chi connectivity index (χ4n) is 3.20. The number of benzene rings is 3. The average molecular weight is 391 g/mol. The van der Waals surface area contributed by atoms with Gasteiger partial charge < -0.3 is 20.1 Å². The maximum absolute atomic E-state index is 13.2. The molecule has 5 nitrogen and oxygen atoms in total. The number of rotatable bonds is 8. The molecule has 3 rings (SSSR count). The monoisotopic (exact) mass is 391 g/mol. The molecule has 0 aliphatic rings. The summed E-state index contributed by atoms with van der Waals surface area (Å²) in [5, 5.41) is 5.08. The normalized spacial score (nSPS) is 11.6. The van der Waals surface area contributed by atoms with E-state index in [1.54, 1.807) is 14.2 Å². The van der Waals surface area contributed by atoms with Crippen molar-refractivity contribution in [1.29, 1.82) is 0 Å². The summed E-state index contributed by atoms with van der Waals surface area (Å²) in [5.41, 5.74) is 3.80. The van der Waals surface area contributed by atoms with Crippen molar-refractivity contribution in [2.75, 3.05) is 19.5 Å². The van der Waals surface area contributed by atoms with Crippen LogP contribution in [0.3, 0.4) is 0 Å². The minimum absolute atomic E-state index is 0.0892. The number of aryl methyl sites for hydroxylation is 1. The number of nitrogens with one attached hydrogen (secondary N) is 1. The first-order chi connectivity index (χ1) is 14.1. The minimum Gasteiger partial charge on any atom is -0.497 e. The van der Waals surface area contributed by atoms with E-state index < -0.39 is 0 Å². The molecule has 0 aliphatic heterocycles. The molecule has 150 valence electrons. The number of quaternary nitrogens is 1. The lowest BCUT2D eigenvalue weighted by molar-refractivity contribution is -0.697. The first-order valence-electron chi connectivity index (χ1n) is 9.57. The zero-order valence-corrected chi connectivity index (χ0v) is 17.0. The van der Waals surface area contributed by atoms with Gasteiger partial charge in [0.05, 0.1) is 19.9 Å². The predicted octanol–water partition coefficient (Wildman–Crippen LogP) is 3.46. The molecule has 0 unspecified atom stereocenters. The Hall–Kier alpha value is -3.31. The van der Waals surface area contributed by atoms with Crippen LogP contribution in [0.15, 0.2) is 72.8 Å². The van der Waals surface area contributed by atoms with Crippen LogP contribution >= 0.6 is 0 Å². The van der Waals surface area contributed by atoms with Gasteiger partial charge in [0, 0.05) is 11.1 Å². The summed E-state index contributed by atoms with van der Waals surface area (Å²) in [4.78, 5) is 13.2. The topological polar surface area (TPSA) is 64.2 Å². The van der Waals surface area contributed by atoms with E-state index in [4.69, 9.17) is 9.47 Å². The molecule has 1 atom stereocenters. The van der Waals surface area contributed by atoms with E-state index in [2.05, 4.69) is 5.32 Å². The second-order valence-corrected chi connectivity index (χ2v) is 6.87. The van der Waals surface area contributed by atoms with Gasteiger partial charge in [-0.2, -0.15) is 0 Å². The van der Waals surface area contributed by atoms with Gasteiger partial charge in [-0.05, 0) is 48.9 Å². The molecule has 0 radical (unpaired) electrons. The minimum atomic E-state index is -0.386. The van der Waals surface area contributed by atoms with Crippen molar-refractivity contribution in [3.05, 3.63) is 89.5 Å². The van der Waals surface area contributed by atoms with E-state index in [0.29, 0.717) is 18.0 Å². The van der Waals surface area contributed by atoms with Gasteiger partial charge in [0.2, 0.25) is 0 Å². The van der Waals surface area contributed by atoms with E-state index >= 15 is 0 Å². The van der Waals surface area contributed by atoms with Crippen molar-refractivity contribution in [3.8, 4) is 11.5 Å². The van der Waals surface area contributed by atoms with Crippen LogP contribution in [0.4, 0.5) is 5.69 Å². The molecule has 0 fully saturated rings. The molecular weight excluding hydrogens is 364 g/mol. The van der Waals surface area contributed by atoms with Crippen molar-refractivity contribution in [3.63, 3.8) is 0 Å². The Morgan fingerprint density at radius 1 is 0.966 bits per heavy atom. The standard InChI is InChI=1S/C24H26N2O3/c1-17-9-14-22(29-3)21(15-17)26-24(27)23(19-7-5-4-6-8-19)25-16-18-10-12-20(28-2)13-11-18/h4-15,23,25H,16H2,1-3H3,(H,26,27)/p+1/t23-/m0/s1. The Bertz CT molecular complexity index is 940. The predicted molar refractivity (Wildman–Crippen MR) is 114 cm³/mol. The summed E-state index contributed by atoms with van der Waals surface area (Å²) in [6.07, 6.45) is 0. The fraction of sp³-hybridized carbons (Fsp3) is 0.208. The van der Waals surface area contributed by atoms with Crippen LogP contribution in [0.1, 0.15) is 22.7 Å². The van der Waals surface area contributed by atoms with E-state index in [9.17, 15) is 4.79 Å². The molecular formula is C24H27N2O3+. The molecule has 0 aliphatic carbocycles. The molecule has 0 aromatic heterocycles. The van der Waals surface area contributed by atoms with Crippen LogP contribution in [0.2, 0.25) is 0 Å². The van der Waals surface area contributed by atoms with Crippen molar-refractivity contribution in [1.82, 2.24) is 0 Å². The molecule has 0 bridgehead atoms. The first kappa shape index (κ1) is 20.4. The number of amides is 1. The largest absolute Gasteiger partial charge is 0.497 e. The van der Waals surface area contributed by atoms with Crippen LogP contribution in [-0.2, 0) is 11.3 Å². The molecule has 3 aromatic carbocycles. The van der Waals surface area contributed by atoms with E-state index in [1.807, 2.05) is 85.0 Å². The first-order valence-corrected chi connectivity index (χ1v) is 9.57. The average Bonchev–Trinajstić information content (AvgIpc) is 2.75. The summed E-state index contributed by atoms with van der Waals surface area (Å²) < 4.78 is 10.6. The molecule has 0 saturated heterocycles. The van der Waals surface area contributed by atoms with Crippen molar-refractivity contribution < 1.29 is 19.6 Å². The Morgan fingerprint density at radius 3 is 2.34 bits per heavy atom. The van der Waals surface area contributed by atoms with Gasteiger partial charge in [-0.1, -0.05) is 36.4 Å². The van der Waals surface area contributed by atoms with Crippen LogP contribution in [0.25, 0.3) is 0 Å². The number of nitrogens with two attached hydrogens (primary N) is 1. The van der Waals surface area contributed by atoms with E-state index in [1.165, 1.54) is 0 Å². The third kappa shape index (κ3) is 5.36. The quantitative estimate of drug-likeness (QED) is 0.618. The molecule has 5 heteroatoms. The van der Waals surface area contributed by atoms with Crippen LogP contribution in [0.5, 0.6) is 11.5 Å². The number of ether oxygens (including phenoxy) is 2. The fourth-order valence-corrected chi connectivity index (χ4v) is 3.20. The highest BCUT2D eigenvalue weighted by molar-refractivity contribution is 5.95. The van der Waals surface area contributed by atoms with Gasteiger partial charge >= 0.3 is 0 Å². The molecule has 3 N–H and O–H groups in total. The Kier molecular flexibility index (Phi) is 6.87. The Balaban J connectivity index is 1.79.